The van der Waals surface area contributed by atoms with Crippen molar-refractivity contribution < 1.29 is 23.5 Å². The van der Waals surface area contributed by atoms with E-state index in [9.17, 15) is 18.8 Å². The second-order valence-electron chi connectivity index (χ2n) is 4.86. The van der Waals surface area contributed by atoms with Gasteiger partial charge in [-0.25, -0.2) is 4.39 Å². The van der Waals surface area contributed by atoms with Gasteiger partial charge in [-0.2, -0.15) is 0 Å². The van der Waals surface area contributed by atoms with Crippen molar-refractivity contribution in [3.8, 4) is 0 Å². The Kier molecular flexibility index (Phi) is 4.67. The fourth-order valence-electron chi connectivity index (χ4n) is 2.32. The predicted octanol–water partition coefficient (Wildman–Crippen LogP) is 0.863. The van der Waals surface area contributed by atoms with Crippen molar-refractivity contribution >= 4 is 17.7 Å². The summed E-state index contributed by atoms with van der Waals surface area (Å²) < 4.78 is 17.6. The van der Waals surface area contributed by atoms with Crippen LogP contribution in [0.3, 0.4) is 0 Å². The summed E-state index contributed by atoms with van der Waals surface area (Å²) in [5.74, 6) is -4.14. The van der Waals surface area contributed by atoms with E-state index in [0.29, 0.717) is 6.42 Å². The number of ketones is 1. The highest BCUT2D eigenvalue weighted by atomic mass is 19.1. The summed E-state index contributed by atoms with van der Waals surface area (Å²) in [7, 11) is 0. The molecule has 1 saturated heterocycles. The van der Waals surface area contributed by atoms with Crippen molar-refractivity contribution in [1.82, 2.24) is 5.32 Å². The van der Waals surface area contributed by atoms with Gasteiger partial charge in [0.15, 0.2) is 11.7 Å². The fraction of sp³-hybridized carbons (Fsp3) is 0.400. The third-order valence-electron chi connectivity index (χ3n) is 3.39. The third-order valence-corrected chi connectivity index (χ3v) is 3.39. The van der Waals surface area contributed by atoms with Gasteiger partial charge < -0.3 is 10.1 Å². The summed E-state index contributed by atoms with van der Waals surface area (Å²) in [6.07, 6.45) is 0.343. The van der Waals surface area contributed by atoms with E-state index in [0.717, 1.165) is 5.56 Å². The average Bonchev–Trinajstić information content (AvgIpc) is 2.45. The molecular weight excluding hydrogens is 277 g/mol. The van der Waals surface area contributed by atoms with Gasteiger partial charge in [0.05, 0.1) is 6.61 Å². The quantitative estimate of drug-likeness (QED) is 0.660. The van der Waals surface area contributed by atoms with Crippen LogP contribution in [0.2, 0.25) is 0 Å². The molecule has 1 amide bonds. The van der Waals surface area contributed by atoms with E-state index in [4.69, 9.17) is 4.74 Å². The van der Waals surface area contributed by atoms with Gasteiger partial charge in [-0.15, -0.1) is 0 Å². The smallest absolute Gasteiger partial charge is 0.326 e. The maximum absolute atomic E-state index is 12.9. The van der Waals surface area contributed by atoms with Gasteiger partial charge in [-0.3, -0.25) is 14.4 Å². The summed E-state index contributed by atoms with van der Waals surface area (Å²) >= 11 is 0. The zero-order valence-electron chi connectivity index (χ0n) is 11.6. The van der Waals surface area contributed by atoms with Gasteiger partial charge in [0.1, 0.15) is 5.82 Å². The monoisotopic (exact) mass is 293 g/mol. The van der Waals surface area contributed by atoms with Gasteiger partial charge in [-0.05, 0) is 31.0 Å². The number of amides is 1. The zero-order chi connectivity index (χ0) is 15.4. The summed E-state index contributed by atoms with van der Waals surface area (Å²) in [6.45, 7) is 1.89. The molecule has 1 fully saturated rings. The molecule has 1 aromatic rings. The lowest BCUT2D eigenvalue weighted by atomic mass is 9.84. The van der Waals surface area contributed by atoms with Crippen LogP contribution in [0.25, 0.3) is 0 Å². The van der Waals surface area contributed by atoms with Crippen LogP contribution in [0.15, 0.2) is 24.3 Å². The van der Waals surface area contributed by atoms with Crippen LogP contribution in [0, 0.1) is 17.7 Å². The molecule has 0 bridgehead atoms. The zero-order valence-corrected chi connectivity index (χ0v) is 11.6. The number of benzene rings is 1. The van der Waals surface area contributed by atoms with Crippen LogP contribution in [0.5, 0.6) is 0 Å². The standard InChI is InChI=1S/C15H16FNO4/c1-2-21-15(20)12-13(18)10(8-17-14(12)19)7-9-3-5-11(16)6-4-9/h3-6,10,12H,2,7-8H2,1H3,(H,17,19). The first kappa shape index (κ1) is 15.2. The average molecular weight is 293 g/mol. The molecular formula is C15H16FNO4. The van der Waals surface area contributed by atoms with Crippen LogP contribution in [0.1, 0.15) is 12.5 Å². The highest BCUT2D eigenvalue weighted by Gasteiger charge is 2.42. The summed E-state index contributed by atoms with van der Waals surface area (Å²) in [5, 5.41) is 2.55. The number of rotatable bonds is 4. The minimum Gasteiger partial charge on any atom is -0.465 e. The van der Waals surface area contributed by atoms with Gasteiger partial charge >= 0.3 is 5.97 Å². The molecule has 112 valence electrons. The molecule has 1 aliphatic rings. The van der Waals surface area contributed by atoms with Crippen LogP contribution in [-0.2, 0) is 25.5 Å². The predicted molar refractivity (Wildman–Crippen MR) is 71.7 cm³/mol. The van der Waals surface area contributed by atoms with Crippen molar-refractivity contribution in [3.63, 3.8) is 0 Å². The molecule has 0 saturated carbocycles. The van der Waals surface area contributed by atoms with Gasteiger partial charge in [0.2, 0.25) is 5.91 Å². The molecule has 0 aromatic heterocycles. The lowest BCUT2D eigenvalue weighted by Gasteiger charge is -2.26. The van der Waals surface area contributed by atoms with Gasteiger partial charge in [0.25, 0.3) is 0 Å². The highest BCUT2D eigenvalue weighted by molar-refractivity contribution is 6.18. The van der Waals surface area contributed by atoms with E-state index in [1.807, 2.05) is 0 Å². The summed E-state index contributed by atoms with van der Waals surface area (Å²) in [5.41, 5.74) is 0.772. The number of hydrogen-bond donors (Lipinski definition) is 1. The van der Waals surface area contributed by atoms with Crippen molar-refractivity contribution in [2.45, 2.75) is 13.3 Å². The van der Waals surface area contributed by atoms with Crippen LogP contribution in [-0.4, -0.2) is 30.8 Å². The largest absolute Gasteiger partial charge is 0.465 e. The number of esters is 1. The molecule has 2 unspecified atom stereocenters. The number of halogens is 1. The van der Waals surface area contributed by atoms with Crippen molar-refractivity contribution in [2.75, 3.05) is 13.2 Å². The lowest BCUT2D eigenvalue weighted by molar-refractivity contribution is -0.158. The molecule has 0 radical (unpaired) electrons. The second-order valence-corrected chi connectivity index (χ2v) is 4.86. The third kappa shape index (κ3) is 3.45. The van der Waals surface area contributed by atoms with Crippen molar-refractivity contribution in [3.05, 3.63) is 35.6 Å². The number of piperidine rings is 1. The molecule has 2 atom stereocenters. The Balaban J connectivity index is 2.10. The number of carbonyl (C=O) groups is 3. The van der Waals surface area contributed by atoms with Crippen LogP contribution in [0.4, 0.5) is 4.39 Å². The van der Waals surface area contributed by atoms with E-state index in [1.165, 1.54) is 12.1 Å². The van der Waals surface area contributed by atoms with Crippen LogP contribution >= 0.6 is 0 Å². The van der Waals surface area contributed by atoms with Gasteiger partial charge in [0, 0.05) is 12.5 Å². The minimum atomic E-state index is -1.40. The topological polar surface area (TPSA) is 72.5 Å². The summed E-state index contributed by atoms with van der Waals surface area (Å²) in [6, 6.07) is 5.78. The number of nitrogens with one attached hydrogen (secondary N) is 1. The molecule has 1 heterocycles. The summed E-state index contributed by atoms with van der Waals surface area (Å²) in [4.78, 5) is 35.7. The van der Waals surface area contributed by atoms with Gasteiger partial charge in [-0.1, -0.05) is 12.1 Å². The number of hydrogen-bond acceptors (Lipinski definition) is 4. The first-order chi connectivity index (χ1) is 10.0. The highest BCUT2D eigenvalue weighted by Crippen LogP contribution is 2.19. The fourth-order valence-corrected chi connectivity index (χ4v) is 2.32. The Bertz CT molecular complexity index is 555. The normalized spacial score (nSPS) is 21.8. The molecule has 0 aliphatic carbocycles. The maximum atomic E-state index is 12.9. The van der Waals surface area contributed by atoms with E-state index < -0.39 is 29.5 Å². The van der Waals surface area contributed by atoms with E-state index in [1.54, 1.807) is 19.1 Å². The van der Waals surface area contributed by atoms with Crippen LogP contribution < -0.4 is 5.32 Å². The number of ether oxygens (including phenoxy) is 1. The molecule has 0 spiro atoms. The molecule has 21 heavy (non-hydrogen) atoms. The Morgan fingerprint density at radius 2 is 2.00 bits per heavy atom. The second kappa shape index (κ2) is 6.47. The van der Waals surface area contributed by atoms with Crippen molar-refractivity contribution in [1.29, 1.82) is 0 Å². The van der Waals surface area contributed by atoms with E-state index >= 15 is 0 Å². The number of Topliss-reactive ketones (excluding diaryl/α,β-unsaturated/α-hetero) is 1. The maximum Gasteiger partial charge on any atom is 0.326 e. The minimum absolute atomic E-state index is 0.110. The number of carbonyl (C=O) groups excluding carboxylic acids is 3. The Morgan fingerprint density at radius 1 is 1.33 bits per heavy atom. The first-order valence-corrected chi connectivity index (χ1v) is 6.75. The first-order valence-electron chi connectivity index (χ1n) is 6.75. The Morgan fingerprint density at radius 3 is 2.62 bits per heavy atom. The molecule has 1 N–H and O–H groups in total. The Hall–Kier alpha value is -2.24. The molecule has 1 aromatic carbocycles. The molecule has 6 heteroatoms. The molecule has 5 nitrogen and oxygen atoms in total. The van der Waals surface area contributed by atoms with E-state index in [2.05, 4.69) is 5.32 Å². The SMILES string of the molecule is CCOC(=O)C1C(=O)NCC(Cc2ccc(F)cc2)C1=O. The lowest BCUT2D eigenvalue weighted by Crippen LogP contribution is -2.52. The molecule has 1 aliphatic heterocycles. The Labute approximate surface area is 121 Å². The van der Waals surface area contributed by atoms with Crippen molar-refractivity contribution in [2.24, 2.45) is 11.8 Å². The molecule has 2 rings (SSSR count). The van der Waals surface area contributed by atoms with E-state index in [-0.39, 0.29) is 19.0 Å².